The summed E-state index contributed by atoms with van der Waals surface area (Å²) in [6.07, 6.45) is 2.97. The zero-order valence-electron chi connectivity index (χ0n) is 14.0. The molecule has 1 saturated heterocycles. The molecule has 1 aliphatic rings. The lowest BCUT2D eigenvalue weighted by Gasteiger charge is -2.37. The Bertz CT molecular complexity index is 602. The molecule has 0 aromatic heterocycles. The van der Waals surface area contributed by atoms with Crippen LogP contribution < -0.4 is 5.32 Å². The summed E-state index contributed by atoms with van der Waals surface area (Å²) in [4.78, 5) is 24.7. The molecule has 0 radical (unpaired) electrons. The molecular weight excluding hydrogens is 306 g/mol. The van der Waals surface area contributed by atoms with Crippen molar-refractivity contribution in [1.29, 1.82) is 5.26 Å². The molecule has 0 aliphatic carbocycles. The van der Waals surface area contributed by atoms with Gasteiger partial charge in [0.1, 0.15) is 6.54 Å². The number of hydrogen-bond donors (Lipinski definition) is 1. The number of ether oxygens (including phenoxy) is 1. The van der Waals surface area contributed by atoms with Gasteiger partial charge in [0.25, 0.3) is 0 Å². The van der Waals surface area contributed by atoms with Crippen molar-refractivity contribution in [1.82, 2.24) is 10.2 Å². The number of rotatable bonds is 5. The van der Waals surface area contributed by atoms with Crippen LogP contribution in [0.5, 0.6) is 0 Å². The minimum absolute atomic E-state index is 0.136. The number of nitrogens with zero attached hydrogens (tertiary/aromatic N) is 2. The zero-order valence-corrected chi connectivity index (χ0v) is 14.0. The van der Waals surface area contributed by atoms with Crippen molar-refractivity contribution < 1.29 is 14.3 Å². The molecule has 2 rings (SSSR count). The zero-order chi connectivity index (χ0) is 17.4. The number of urea groups is 1. The van der Waals surface area contributed by atoms with Gasteiger partial charge in [-0.2, -0.15) is 5.26 Å². The van der Waals surface area contributed by atoms with Gasteiger partial charge in [0.2, 0.25) is 0 Å². The van der Waals surface area contributed by atoms with Gasteiger partial charge in [-0.05, 0) is 31.2 Å². The molecule has 2 amide bonds. The first-order valence-corrected chi connectivity index (χ1v) is 8.13. The summed E-state index contributed by atoms with van der Waals surface area (Å²) in [5.41, 5.74) is 0.847. The molecule has 1 aromatic carbocycles. The van der Waals surface area contributed by atoms with Gasteiger partial charge < -0.3 is 15.0 Å². The van der Waals surface area contributed by atoms with E-state index in [0.717, 1.165) is 12.8 Å². The Morgan fingerprint density at radius 3 is 2.54 bits per heavy atom. The van der Waals surface area contributed by atoms with E-state index in [0.29, 0.717) is 25.9 Å². The van der Waals surface area contributed by atoms with E-state index in [2.05, 4.69) is 28.3 Å². The molecule has 1 aromatic rings. The van der Waals surface area contributed by atoms with Crippen LogP contribution in [0.2, 0.25) is 0 Å². The Balaban J connectivity index is 1.83. The molecule has 1 heterocycles. The van der Waals surface area contributed by atoms with Crippen molar-refractivity contribution >= 4 is 12.0 Å². The SMILES string of the molecule is COC(=O)CNC(=O)N1CCC(C#N)(CCc2ccccc2)CC1. The van der Waals surface area contributed by atoms with E-state index in [-0.39, 0.29) is 18.0 Å². The molecule has 1 fully saturated rings. The first-order chi connectivity index (χ1) is 11.6. The van der Waals surface area contributed by atoms with Crippen LogP contribution in [0.3, 0.4) is 0 Å². The summed E-state index contributed by atoms with van der Waals surface area (Å²) in [5.74, 6) is -0.477. The van der Waals surface area contributed by atoms with Gasteiger partial charge in [-0.15, -0.1) is 0 Å². The lowest BCUT2D eigenvalue weighted by atomic mass is 9.75. The van der Waals surface area contributed by atoms with Crippen molar-refractivity contribution in [2.75, 3.05) is 26.7 Å². The van der Waals surface area contributed by atoms with E-state index >= 15 is 0 Å². The first kappa shape index (κ1) is 17.8. The van der Waals surface area contributed by atoms with E-state index < -0.39 is 5.97 Å². The fourth-order valence-electron chi connectivity index (χ4n) is 2.92. The van der Waals surface area contributed by atoms with Crippen LogP contribution in [0.4, 0.5) is 4.79 Å². The minimum atomic E-state index is -0.477. The van der Waals surface area contributed by atoms with Crippen molar-refractivity contribution in [2.24, 2.45) is 5.41 Å². The second kappa shape index (κ2) is 8.34. The predicted octanol–water partition coefficient (Wildman–Crippen LogP) is 2.11. The van der Waals surface area contributed by atoms with E-state index in [1.807, 2.05) is 18.2 Å². The molecular formula is C18H23N3O3. The Morgan fingerprint density at radius 1 is 1.29 bits per heavy atom. The maximum atomic E-state index is 12.0. The second-order valence-electron chi connectivity index (χ2n) is 6.10. The number of hydrogen-bond acceptors (Lipinski definition) is 4. The molecule has 0 saturated carbocycles. The summed E-state index contributed by atoms with van der Waals surface area (Å²) < 4.78 is 4.50. The third-order valence-electron chi connectivity index (χ3n) is 4.59. The predicted molar refractivity (Wildman–Crippen MR) is 89.0 cm³/mol. The molecule has 1 aliphatic heterocycles. The molecule has 0 unspecified atom stereocenters. The Hall–Kier alpha value is -2.55. The molecule has 0 atom stereocenters. The molecule has 6 heteroatoms. The largest absolute Gasteiger partial charge is 0.468 e. The van der Waals surface area contributed by atoms with Crippen molar-refractivity contribution in [3.05, 3.63) is 35.9 Å². The molecule has 0 bridgehead atoms. The Kier molecular flexibility index (Phi) is 6.19. The van der Waals surface area contributed by atoms with Gasteiger partial charge >= 0.3 is 12.0 Å². The number of carbonyl (C=O) groups excluding carboxylic acids is 2. The number of benzene rings is 1. The Labute approximate surface area is 142 Å². The van der Waals surface area contributed by atoms with E-state index in [1.165, 1.54) is 12.7 Å². The third-order valence-corrected chi connectivity index (χ3v) is 4.59. The summed E-state index contributed by atoms with van der Waals surface area (Å²) >= 11 is 0. The van der Waals surface area contributed by atoms with Gasteiger partial charge in [-0.1, -0.05) is 30.3 Å². The number of amides is 2. The van der Waals surface area contributed by atoms with Crippen LogP contribution in [0, 0.1) is 16.7 Å². The van der Waals surface area contributed by atoms with Crippen molar-refractivity contribution in [2.45, 2.75) is 25.7 Å². The lowest BCUT2D eigenvalue weighted by Crippen LogP contribution is -2.48. The van der Waals surface area contributed by atoms with E-state index in [4.69, 9.17) is 0 Å². The van der Waals surface area contributed by atoms with Crippen LogP contribution in [-0.2, 0) is 16.0 Å². The number of aryl methyl sites for hydroxylation is 1. The monoisotopic (exact) mass is 329 g/mol. The van der Waals surface area contributed by atoms with Crippen LogP contribution in [-0.4, -0.2) is 43.6 Å². The summed E-state index contributed by atoms with van der Waals surface area (Å²) in [5, 5.41) is 12.2. The molecule has 1 N–H and O–H groups in total. The highest BCUT2D eigenvalue weighted by molar-refractivity contribution is 5.80. The topological polar surface area (TPSA) is 82.4 Å². The molecule has 0 spiro atoms. The summed E-state index contributed by atoms with van der Waals surface area (Å²) in [6.45, 7) is 0.911. The van der Waals surface area contributed by atoms with Gasteiger partial charge in [0.15, 0.2) is 0 Å². The van der Waals surface area contributed by atoms with Gasteiger partial charge in [-0.3, -0.25) is 4.79 Å². The molecule has 128 valence electrons. The van der Waals surface area contributed by atoms with E-state index in [1.54, 1.807) is 4.90 Å². The first-order valence-electron chi connectivity index (χ1n) is 8.13. The average Bonchev–Trinajstić information content (AvgIpc) is 2.65. The van der Waals surface area contributed by atoms with Crippen molar-refractivity contribution in [3.8, 4) is 6.07 Å². The van der Waals surface area contributed by atoms with Crippen LogP contribution in [0.15, 0.2) is 30.3 Å². The number of esters is 1. The standard InChI is InChI=1S/C18H23N3O3/c1-24-16(22)13-20-17(23)21-11-9-18(14-19,10-12-21)8-7-15-5-3-2-4-6-15/h2-6H,7-13H2,1H3,(H,20,23). The highest BCUT2D eigenvalue weighted by Crippen LogP contribution is 2.35. The van der Waals surface area contributed by atoms with Crippen LogP contribution in [0.1, 0.15) is 24.8 Å². The van der Waals surface area contributed by atoms with Gasteiger partial charge in [-0.25, -0.2) is 4.79 Å². The number of methoxy groups -OCH3 is 1. The lowest BCUT2D eigenvalue weighted by molar-refractivity contribution is -0.139. The summed E-state index contributed by atoms with van der Waals surface area (Å²) in [6, 6.07) is 12.3. The van der Waals surface area contributed by atoms with E-state index in [9.17, 15) is 14.9 Å². The Morgan fingerprint density at radius 2 is 1.96 bits per heavy atom. The van der Waals surface area contributed by atoms with Crippen LogP contribution in [0.25, 0.3) is 0 Å². The maximum Gasteiger partial charge on any atom is 0.325 e. The number of piperidine rings is 1. The third kappa shape index (κ3) is 4.72. The number of carbonyl (C=O) groups is 2. The normalized spacial score (nSPS) is 16.1. The number of nitrogens with one attached hydrogen (secondary N) is 1. The number of likely N-dealkylation sites (tertiary alicyclic amines) is 1. The minimum Gasteiger partial charge on any atom is -0.468 e. The highest BCUT2D eigenvalue weighted by Gasteiger charge is 2.35. The second-order valence-corrected chi connectivity index (χ2v) is 6.10. The van der Waals surface area contributed by atoms with Gasteiger partial charge in [0.05, 0.1) is 18.6 Å². The van der Waals surface area contributed by atoms with Crippen LogP contribution >= 0.6 is 0 Å². The summed E-state index contributed by atoms with van der Waals surface area (Å²) in [7, 11) is 1.28. The van der Waals surface area contributed by atoms with Gasteiger partial charge in [0, 0.05) is 13.1 Å². The fourth-order valence-corrected chi connectivity index (χ4v) is 2.92. The average molecular weight is 329 g/mol. The quantitative estimate of drug-likeness (QED) is 0.839. The molecule has 6 nitrogen and oxygen atoms in total. The highest BCUT2D eigenvalue weighted by atomic mass is 16.5. The fraction of sp³-hybridized carbons (Fsp3) is 0.500. The maximum absolute atomic E-state index is 12.0. The number of nitriles is 1. The molecule has 24 heavy (non-hydrogen) atoms. The smallest absolute Gasteiger partial charge is 0.325 e. The van der Waals surface area contributed by atoms with Crippen molar-refractivity contribution in [3.63, 3.8) is 0 Å².